The van der Waals surface area contributed by atoms with Crippen LogP contribution in [0, 0.1) is 0 Å². The number of para-hydroxylation sites is 1. The molecule has 0 spiro atoms. The Morgan fingerprint density at radius 3 is 2.15 bits per heavy atom. The first-order chi connectivity index (χ1) is 18.7. The molecular weight excluding hydrogens is 538 g/mol. The molecule has 3 rings (SSSR count). The van der Waals surface area contributed by atoms with Crippen molar-refractivity contribution >= 4 is 39.1 Å². The minimum atomic E-state index is -4.15. The van der Waals surface area contributed by atoms with Gasteiger partial charge in [0.25, 0.3) is 10.0 Å². The number of nitrogens with one attached hydrogen (secondary N) is 1. The quantitative estimate of drug-likeness (QED) is 0.315. The molecule has 0 heterocycles. The third kappa shape index (κ3) is 7.52. The largest absolute Gasteiger partial charge is 0.494 e. The molecule has 0 aliphatic rings. The summed E-state index contributed by atoms with van der Waals surface area (Å²) in [5, 5.41) is 3.23. The highest BCUT2D eigenvalue weighted by Crippen LogP contribution is 2.26. The smallest absolute Gasteiger partial charge is 0.264 e. The molecule has 8 nitrogen and oxygen atoms in total. The fraction of sp³-hybridized carbons (Fsp3) is 0.310. The van der Waals surface area contributed by atoms with Crippen molar-refractivity contribution in [3.63, 3.8) is 0 Å². The summed E-state index contributed by atoms with van der Waals surface area (Å²) < 4.78 is 34.2. The Labute approximate surface area is 235 Å². The second-order valence-corrected chi connectivity index (χ2v) is 11.0. The van der Waals surface area contributed by atoms with E-state index in [0.717, 1.165) is 4.31 Å². The van der Waals surface area contributed by atoms with Gasteiger partial charge in [-0.2, -0.15) is 0 Å². The summed E-state index contributed by atoms with van der Waals surface area (Å²) >= 11 is 6.40. The zero-order valence-corrected chi connectivity index (χ0v) is 23.9. The van der Waals surface area contributed by atoms with Gasteiger partial charge in [-0.25, -0.2) is 8.42 Å². The maximum Gasteiger partial charge on any atom is 0.264 e. The van der Waals surface area contributed by atoms with Gasteiger partial charge in [-0.3, -0.25) is 13.9 Å². The maximum absolute atomic E-state index is 13.9. The predicted molar refractivity (Wildman–Crippen MR) is 153 cm³/mol. The van der Waals surface area contributed by atoms with E-state index in [9.17, 15) is 18.0 Å². The fourth-order valence-corrected chi connectivity index (χ4v) is 5.76. The van der Waals surface area contributed by atoms with Gasteiger partial charge in [-0.05, 0) is 68.3 Å². The van der Waals surface area contributed by atoms with Crippen LogP contribution in [0.15, 0.2) is 83.8 Å². The van der Waals surface area contributed by atoms with E-state index in [1.54, 1.807) is 80.6 Å². The first kappa shape index (κ1) is 30.0. The number of hydrogen-bond donors (Lipinski definition) is 1. The van der Waals surface area contributed by atoms with E-state index in [-0.39, 0.29) is 17.3 Å². The summed E-state index contributed by atoms with van der Waals surface area (Å²) in [6.45, 7) is 5.81. The Balaban J connectivity index is 2.03. The number of ether oxygens (including phenoxy) is 1. The van der Waals surface area contributed by atoms with Crippen molar-refractivity contribution in [2.45, 2.75) is 44.7 Å². The van der Waals surface area contributed by atoms with E-state index in [1.165, 1.54) is 17.0 Å². The van der Waals surface area contributed by atoms with Crippen molar-refractivity contribution < 1.29 is 22.7 Å². The summed E-state index contributed by atoms with van der Waals surface area (Å²) in [4.78, 5) is 28.3. The molecule has 2 amide bonds. The number of likely N-dealkylation sites (N-methyl/N-ethyl adjacent to an activating group) is 1. The number of carbonyl (C=O) groups is 2. The second kappa shape index (κ2) is 14.0. The number of amides is 2. The second-order valence-electron chi connectivity index (χ2n) is 8.68. The number of anilines is 1. The molecule has 0 saturated heterocycles. The third-order valence-electron chi connectivity index (χ3n) is 6.08. The van der Waals surface area contributed by atoms with Gasteiger partial charge in [-0.15, -0.1) is 0 Å². The van der Waals surface area contributed by atoms with Crippen molar-refractivity contribution in [2.24, 2.45) is 0 Å². The number of hydrogen-bond acceptors (Lipinski definition) is 5. The van der Waals surface area contributed by atoms with Gasteiger partial charge in [0.2, 0.25) is 11.8 Å². The highest BCUT2D eigenvalue weighted by atomic mass is 35.5. The maximum atomic E-state index is 13.9. The predicted octanol–water partition coefficient (Wildman–Crippen LogP) is 4.88. The van der Waals surface area contributed by atoms with Crippen LogP contribution in [0.2, 0.25) is 5.02 Å². The van der Waals surface area contributed by atoms with E-state index in [2.05, 4.69) is 5.32 Å². The highest BCUT2D eigenvalue weighted by molar-refractivity contribution is 7.92. The van der Waals surface area contributed by atoms with Gasteiger partial charge in [0.15, 0.2) is 0 Å². The summed E-state index contributed by atoms with van der Waals surface area (Å²) in [6, 6.07) is 20.7. The summed E-state index contributed by atoms with van der Waals surface area (Å²) in [6.07, 6.45) is 0.332. The first-order valence-electron chi connectivity index (χ1n) is 12.8. The zero-order valence-electron chi connectivity index (χ0n) is 22.3. The van der Waals surface area contributed by atoms with Crippen molar-refractivity contribution in [1.29, 1.82) is 0 Å². The Morgan fingerprint density at radius 1 is 0.923 bits per heavy atom. The van der Waals surface area contributed by atoms with Crippen LogP contribution in [0.25, 0.3) is 0 Å². The van der Waals surface area contributed by atoms with Crippen LogP contribution in [-0.2, 0) is 26.2 Å². The van der Waals surface area contributed by atoms with Gasteiger partial charge in [-0.1, -0.05) is 54.9 Å². The normalized spacial score (nSPS) is 11.9. The molecule has 10 heteroatoms. The lowest BCUT2D eigenvalue weighted by molar-refractivity contribution is -0.140. The van der Waals surface area contributed by atoms with E-state index in [1.807, 2.05) is 6.92 Å². The van der Waals surface area contributed by atoms with Gasteiger partial charge in [0.05, 0.1) is 17.2 Å². The van der Waals surface area contributed by atoms with E-state index < -0.39 is 28.5 Å². The van der Waals surface area contributed by atoms with E-state index in [0.29, 0.717) is 41.6 Å². The molecular formula is C29H34ClN3O5S. The van der Waals surface area contributed by atoms with Crippen LogP contribution >= 0.6 is 11.6 Å². The topological polar surface area (TPSA) is 96.0 Å². The number of benzene rings is 3. The number of carbonyl (C=O) groups excluding carboxylic acids is 2. The Morgan fingerprint density at radius 2 is 1.56 bits per heavy atom. The molecule has 0 bridgehead atoms. The van der Waals surface area contributed by atoms with Crippen molar-refractivity contribution in [3.05, 3.63) is 89.4 Å². The fourth-order valence-electron chi connectivity index (χ4n) is 4.15. The molecule has 0 unspecified atom stereocenters. The molecule has 208 valence electrons. The number of nitrogens with zero attached hydrogens (tertiary/aromatic N) is 2. The molecule has 0 aromatic heterocycles. The number of halogens is 1. The minimum Gasteiger partial charge on any atom is -0.494 e. The molecule has 0 saturated carbocycles. The molecule has 3 aromatic carbocycles. The van der Waals surface area contributed by atoms with E-state index >= 15 is 0 Å². The summed E-state index contributed by atoms with van der Waals surface area (Å²) in [5.74, 6) is -0.315. The average molecular weight is 572 g/mol. The van der Waals surface area contributed by atoms with Crippen LogP contribution in [0.1, 0.15) is 32.8 Å². The van der Waals surface area contributed by atoms with Gasteiger partial charge in [0.1, 0.15) is 18.3 Å². The van der Waals surface area contributed by atoms with Crippen LogP contribution in [0.5, 0.6) is 5.75 Å². The van der Waals surface area contributed by atoms with Gasteiger partial charge < -0.3 is 15.0 Å². The molecule has 39 heavy (non-hydrogen) atoms. The third-order valence-corrected chi connectivity index (χ3v) is 8.24. The van der Waals surface area contributed by atoms with Crippen molar-refractivity contribution in [1.82, 2.24) is 10.2 Å². The lowest BCUT2D eigenvalue weighted by Crippen LogP contribution is -2.52. The van der Waals surface area contributed by atoms with Gasteiger partial charge in [0, 0.05) is 18.1 Å². The monoisotopic (exact) mass is 571 g/mol. The minimum absolute atomic E-state index is 0.0102. The van der Waals surface area contributed by atoms with Crippen molar-refractivity contribution in [2.75, 3.05) is 24.0 Å². The Hall–Kier alpha value is -3.56. The average Bonchev–Trinajstić information content (AvgIpc) is 2.93. The molecule has 1 atom stereocenters. The molecule has 1 N–H and O–H groups in total. The molecule has 0 aliphatic heterocycles. The molecule has 0 aliphatic carbocycles. The van der Waals surface area contributed by atoms with Crippen LogP contribution in [-0.4, -0.2) is 50.9 Å². The van der Waals surface area contributed by atoms with Crippen LogP contribution in [0.3, 0.4) is 0 Å². The summed E-state index contributed by atoms with van der Waals surface area (Å²) in [7, 11) is -4.15. The summed E-state index contributed by atoms with van der Waals surface area (Å²) in [5.41, 5.74) is 0.972. The molecule has 0 radical (unpaired) electrons. The number of rotatable bonds is 13. The first-order valence-corrected chi connectivity index (χ1v) is 14.7. The SMILES string of the molecule is CCNC(=O)[C@H](CC)N(Cc1ccccc1Cl)C(=O)CN(c1ccccc1)S(=O)(=O)c1ccc(OCC)cc1. The lowest BCUT2D eigenvalue weighted by atomic mass is 10.1. The van der Waals surface area contributed by atoms with Crippen LogP contribution < -0.4 is 14.4 Å². The zero-order chi connectivity index (χ0) is 28.4. The number of sulfonamides is 1. The standard InChI is InChI=1S/C29H34ClN3O5S/c1-4-27(29(35)31-5-2)32(20-22-12-10-11-15-26(22)30)28(34)21-33(23-13-8-7-9-14-23)39(36,37)25-18-16-24(17-19-25)38-6-3/h7-19,27H,4-6,20-21H2,1-3H3,(H,31,35)/t27-/m0/s1. The van der Waals surface area contributed by atoms with Crippen molar-refractivity contribution in [3.8, 4) is 5.75 Å². The molecule has 3 aromatic rings. The molecule has 0 fully saturated rings. The highest BCUT2D eigenvalue weighted by Gasteiger charge is 2.33. The Kier molecular flexibility index (Phi) is 10.8. The van der Waals surface area contributed by atoms with E-state index in [4.69, 9.17) is 16.3 Å². The van der Waals surface area contributed by atoms with Crippen LogP contribution in [0.4, 0.5) is 5.69 Å². The van der Waals surface area contributed by atoms with Gasteiger partial charge >= 0.3 is 0 Å². The lowest BCUT2D eigenvalue weighted by Gasteiger charge is -2.33. The Bertz CT molecular complexity index is 1350.